The second-order valence-corrected chi connectivity index (χ2v) is 3.57. The lowest BCUT2D eigenvalue weighted by atomic mass is 10.3. The molecule has 0 fully saturated rings. The summed E-state index contributed by atoms with van der Waals surface area (Å²) in [5.74, 6) is 5.31. The van der Waals surface area contributed by atoms with Crippen LogP contribution in [-0.2, 0) is 0 Å². The van der Waals surface area contributed by atoms with Crippen LogP contribution in [0, 0.1) is 5.82 Å². The molecular formula is C9H12BrFN4. The Bertz CT molecular complexity index is 367. The van der Waals surface area contributed by atoms with E-state index in [1.165, 1.54) is 12.1 Å². The van der Waals surface area contributed by atoms with Crippen molar-refractivity contribution < 1.29 is 4.39 Å². The smallest absolute Gasteiger partial charge is 0.210 e. The summed E-state index contributed by atoms with van der Waals surface area (Å²) >= 11 is 3.29. The summed E-state index contributed by atoms with van der Waals surface area (Å²) in [6.07, 6.45) is 0. The van der Waals surface area contributed by atoms with Gasteiger partial charge in [0.1, 0.15) is 5.82 Å². The van der Waals surface area contributed by atoms with E-state index >= 15 is 0 Å². The second-order valence-electron chi connectivity index (χ2n) is 2.72. The van der Waals surface area contributed by atoms with Gasteiger partial charge >= 0.3 is 0 Å². The van der Waals surface area contributed by atoms with Crippen molar-refractivity contribution in [2.45, 2.75) is 6.92 Å². The predicted octanol–water partition coefficient (Wildman–Crippen LogP) is 1.84. The number of hydrogen-bond donors (Lipinski definition) is 3. The Labute approximate surface area is 95.9 Å². The molecule has 0 bridgehead atoms. The highest BCUT2D eigenvalue weighted by atomic mass is 79.9. The summed E-state index contributed by atoms with van der Waals surface area (Å²) in [4.78, 5) is 4.03. The van der Waals surface area contributed by atoms with Crippen molar-refractivity contribution in [3.63, 3.8) is 0 Å². The van der Waals surface area contributed by atoms with Gasteiger partial charge in [-0.1, -0.05) is 0 Å². The maximum absolute atomic E-state index is 12.9. The minimum atomic E-state index is -0.325. The van der Waals surface area contributed by atoms with Crippen LogP contribution in [0.4, 0.5) is 10.1 Å². The number of anilines is 1. The third kappa shape index (κ3) is 3.49. The predicted molar refractivity (Wildman–Crippen MR) is 63.0 cm³/mol. The minimum absolute atomic E-state index is 0.325. The number of nitrogens with zero attached hydrogens (tertiary/aromatic N) is 1. The number of guanidine groups is 1. The SMILES string of the molecule is CCN=C(NN)Nc1cc(F)ccc1Br. The molecule has 1 aromatic carbocycles. The number of benzene rings is 1. The van der Waals surface area contributed by atoms with Crippen LogP contribution in [0.1, 0.15) is 6.92 Å². The van der Waals surface area contributed by atoms with E-state index in [1.807, 2.05) is 6.92 Å². The molecule has 6 heteroatoms. The third-order valence-electron chi connectivity index (χ3n) is 1.63. The fourth-order valence-electron chi connectivity index (χ4n) is 1.00. The normalized spacial score (nSPS) is 11.3. The number of rotatable bonds is 2. The quantitative estimate of drug-likeness (QED) is 0.334. The molecule has 4 nitrogen and oxygen atoms in total. The van der Waals surface area contributed by atoms with Gasteiger partial charge in [-0.15, -0.1) is 0 Å². The number of hydrogen-bond acceptors (Lipinski definition) is 2. The maximum Gasteiger partial charge on any atom is 0.210 e. The zero-order chi connectivity index (χ0) is 11.3. The van der Waals surface area contributed by atoms with Crippen molar-refractivity contribution in [3.8, 4) is 0 Å². The molecular weight excluding hydrogens is 263 g/mol. The van der Waals surface area contributed by atoms with E-state index in [2.05, 4.69) is 31.7 Å². The van der Waals surface area contributed by atoms with Gasteiger partial charge in [-0.3, -0.25) is 10.4 Å². The molecule has 0 atom stereocenters. The molecule has 0 amide bonds. The number of aliphatic imine (C=N–C) groups is 1. The summed E-state index contributed by atoms with van der Waals surface area (Å²) in [6.45, 7) is 2.46. The van der Waals surface area contributed by atoms with Gasteiger partial charge in [0.05, 0.1) is 5.69 Å². The van der Waals surface area contributed by atoms with Crippen LogP contribution in [-0.4, -0.2) is 12.5 Å². The van der Waals surface area contributed by atoms with Crippen LogP contribution in [0.3, 0.4) is 0 Å². The Morgan fingerprint density at radius 2 is 2.33 bits per heavy atom. The molecule has 4 N–H and O–H groups in total. The lowest BCUT2D eigenvalue weighted by molar-refractivity contribution is 0.628. The molecule has 1 aromatic rings. The van der Waals surface area contributed by atoms with Crippen LogP contribution in [0.25, 0.3) is 0 Å². The van der Waals surface area contributed by atoms with Crippen molar-refractivity contribution in [3.05, 3.63) is 28.5 Å². The highest BCUT2D eigenvalue weighted by molar-refractivity contribution is 9.10. The lowest BCUT2D eigenvalue weighted by Gasteiger charge is -2.10. The van der Waals surface area contributed by atoms with E-state index in [1.54, 1.807) is 6.07 Å². The molecule has 0 aromatic heterocycles. The van der Waals surface area contributed by atoms with Crippen molar-refractivity contribution in [1.82, 2.24) is 5.43 Å². The molecule has 1 rings (SSSR count). The van der Waals surface area contributed by atoms with Gasteiger partial charge < -0.3 is 5.32 Å². The zero-order valence-corrected chi connectivity index (χ0v) is 9.81. The average Bonchev–Trinajstić information content (AvgIpc) is 2.22. The van der Waals surface area contributed by atoms with Crippen LogP contribution in [0.2, 0.25) is 0 Å². The first-order chi connectivity index (χ1) is 7.17. The molecule has 0 saturated heterocycles. The lowest BCUT2D eigenvalue weighted by Crippen LogP contribution is -2.36. The van der Waals surface area contributed by atoms with E-state index in [-0.39, 0.29) is 5.82 Å². The van der Waals surface area contributed by atoms with E-state index in [9.17, 15) is 4.39 Å². The molecule has 0 aliphatic rings. The molecule has 0 heterocycles. The highest BCUT2D eigenvalue weighted by Crippen LogP contribution is 2.22. The fraction of sp³-hybridized carbons (Fsp3) is 0.222. The molecule has 0 spiro atoms. The van der Waals surface area contributed by atoms with E-state index in [4.69, 9.17) is 5.84 Å². The van der Waals surface area contributed by atoms with Crippen molar-refractivity contribution in [2.75, 3.05) is 11.9 Å². The van der Waals surface area contributed by atoms with Gasteiger partial charge in [0.15, 0.2) is 0 Å². The topological polar surface area (TPSA) is 62.4 Å². The number of nitrogens with two attached hydrogens (primary N) is 1. The van der Waals surface area contributed by atoms with Crippen LogP contribution in [0.5, 0.6) is 0 Å². The maximum atomic E-state index is 12.9. The Balaban J connectivity index is 2.87. The Kier molecular flexibility index (Phi) is 4.51. The zero-order valence-electron chi connectivity index (χ0n) is 8.22. The van der Waals surface area contributed by atoms with Crippen molar-refractivity contribution >= 4 is 27.6 Å². The number of nitrogens with one attached hydrogen (secondary N) is 2. The Morgan fingerprint density at radius 1 is 1.60 bits per heavy atom. The summed E-state index contributed by atoms with van der Waals surface area (Å²) in [7, 11) is 0. The van der Waals surface area contributed by atoms with Crippen molar-refractivity contribution in [2.24, 2.45) is 10.8 Å². The van der Waals surface area contributed by atoms with Gasteiger partial charge in [-0.25, -0.2) is 10.2 Å². The van der Waals surface area contributed by atoms with Gasteiger partial charge in [0, 0.05) is 11.0 Å². The van der Waals surface area contributed by atoms with Gasteiger partial charge in [-0.2, -0.15) is 0 Å². The first-order valence-corrected chi connectivity index (χ1v) is 5.19. The molecule has 0 saturated carbocycles. The van der Waals surface area contributed by atoms with Crippen LogP contribution >= 0.6 is 15.9 Å². The summed E-state index contributed by atoms with van der Waals surface area (Å²) in [5, 5.41) is 2.87. The first kappa shape index (κ1) is 11.9. The highest BCUT2D eigenvalue weighted by Gasteiger charge is 2.03. The molecule has 0 aliphatic carbocycles. The Hall–Kier alpha value is -1.14. The average molecular weight is 275 g/mol. The standard InChI is InChI=1S/C9H12BrFN4/c1-2-13-9(15-12)14-8-5-6(11)3-4-7(8)10/h3-5H,2,12H2,1H3,(H2,13,14,15). The largest absolute Gasteiger partial charge is 0.324 e. The van der Waals surface area contributed by atoms with E-state index in [0.717, 1.165) is 4.47 Å². The van der Waals surface area contributed by atoms with E-state index in [0.29, 0.717) is 18.2 Å². The third-order valence-corrected chi connectivity index (χ3v) is 2.33. The monoisotopic (exact) mass is 274 g/mol. The molecule has 0 aliphatic heterocycles. The molecule has 82 valence electrons. The second kappa shape index (κ2) is 5.67. The van der Waals surface area contributed by atoms with Gasteiger partial charge in [0.25, 0.3) is 0 Å². The fourth-order valence-corrected chi connectivity index (χ4v) is 1.35. The number of halogens is 2. The van der Waals surface area contributed by atoms with Crippen LogP contribution in [0.15, 0.2) is 27.7 Å². The molecule has 15 heavy (non-hydrogen) atoms. The summed E-state index contributed by atoms with van der Waals surface area (Å²) in [5.41, 5.74) is 2.96. The molecule has 0 unspecified atom stereocenters. The Morgan fingerprint density at radius 3 is 2.93 bits per heavy atom. The number of hydrazine groups is 1. The first-order valence-electron chi connectivity index (χ1n) is 4.40. The minimum Gasteiger partial charge on any atom is -0.324 e. The van der Waals surface area contributed by atoms with Crippen LogP contribution < -0.4 is 16.6 Å². The van der Waals surface area contributed by atoms with E-state index < -0.39 is 0 Å². The summed E-state index contributed by atoms with van der Waals surface area (Å²) < 4.78 is 13.7. The molecule has 0 radical (unpaired) electrons. The van der Waals surface area contributed by atoms with Gasteiger partial charge in [0.2, 0.25) is 5.96 Å². The van der Waals surface area contributed by atoms with Crippen molar-refractivity contribution in [1.29, 1.82) is 0 Å². The van der Waals surface area contributed by atoms with Gasteiger partial charge in [-0.05, 0) is 41.1 Å². The summed E-state index contributed by atoms with van der Waals surface area (Å²) in [6, 6.07) is 4.33.